The van der Waals surface area contributed by atoms with Gasteiger partial charge in [-0.05, 0) is 24.6 Å². The molecule has 0 atom stereocenters. The molecule has 0 heterocycles. The first-order chi connectivity index (χ1) is 7.20. The van der Waals surface area contributed by atoms with E-state index in [9.17, 15) is 22.0 Å². The zero-order chi connectivity index (χ0) is 12.5. The van der Waals surface area contributed by atoms with E-state index < -0.39 is 38.6 Å². The lowest BCUT2D eigenvalue weighted by molar-refractivity contribution is 0.101. The van der Waals surface area contributed by atoms with Crippen molar-refractivity contribution in [2.24, 2.45) is 0 Å². The second kappa shape index (κ2) is 4.29. The van der Waals surface area contributed by atoms with Crippen LogP contribution in [0, 0.1) is 18.6 Å². The minimum Gasteiger partial charge on any atom is -0.293 e. The highest BCUT2D eigenvalue weighted by atomic mass is 32.2. The molecule has 1 aromatic rings. The van der Waals surface area contributed by atoms with Crippen LogP contribution in [0.1, 0.15) is 15.9 Å². The van der Waals surface area contributed by atoms with Gasteiger partial charge in [0, 0.05) is 6.26 Å². The zero-order valence-electron chi connectivity index (χ0n) is 8.75. The van der Waals surface area contributed by atoms with E-state index in [0.29, 0.717) is 0 Å². The summed E-state index contributed by atoms with van der Waals surface area (Å²) in [4.78, 5) is 11.4. The Labute approximate surface area is 92.0 Å². The van der Waals surface area contributed by atoms with E-state index in [-0.39, 0.29) is 5.56 Å². The molecule has 0 amide bonds. The van der Waals surface area contributed by atoms with Gasteiger partial charge in [0.15, 0.2) is 15.6 Å². The molecule has 16 heavy (non-hydrogen) atoms. The Balaban J connectivity index is 3.15. The third-order valence-electron chi connectivity index (χ3n) is 1.94. The molecule has 0 aromatic heterocycles. The monoisotopic (exact) mass is 248 g/mol. The Kier molecular flexibility index (Phi) is 3.42. The predicted octanol–water partition coefficient (Wildman–Crippen LogP) is 1.50. The average molecular weight is 248 g/mol. The maximum absolute atomic E-state index is 13.3. The van der Waals surface area contributed by atoms with Crippen molar-refractivity contribution >= 4 is 15.6 Å². The molecule has 0 N–H and O–H groups in total. The number of ketones is 1. The van der Waals surface area contributed by atoms with Crippen LogP contribution in [0.15, 0.2) is 12.1 Å². The highest BCUT2D eigenvalue weighted by Gasteiger charge is 2.18. The van der Waals surface area contributed by atoms with Gasteiger partial charge in [0.1, 0.15) is 17.4 Å². The van der Waals surface area contributed by atoms with E-state index in [1.165, 1.54) is 6.92 Å². The van der Waals surface area contributed by atoms with Crippen molar-refractivity contribution in [1.29, 1.82) is 0 Å². The molecule has 0 radical (unpaired) electrons. The third kappa shape index (κ3) is 3.10. The van der Waals surface area contributed by atoms with Crippen molar-refractivity contribution in [3.05, 3.63) is 34.9 Å². The Morgan fingerprint density at radius 1 is 1.25 bits per heavy atom. The van der Waals surface area contributed by atoms with Gasteiger partial charge in [-0.3, -0.25) is 4.79 Å². The Bertz CT molecular complexity index is 535. The summed E-state index contributed by atoms with van der Waals surface area (Å²) >= 11 is 0. The number of hydrogen-bond acceptors (Lipinski definition) is 3. The first-order valence-corrected chi connectivity index (χ1v) is 6.43. The molecule has 0 unspecified atom stereocenters. The minimum atomic E-state index is -3.55. The molecule has 88 valence electrons. The first-order valence-electron chi connectivity index (χ1n) is 4.37. The molecule has 0 bridgehead atoms. The van der Waals surface area contributed by atoms with Gasteiger partial charge >= 0.3 is 0 Å². The Morgan fingerprint density at radius 3 is 2.31 bits per heavy atom. The maximum Gasteiger partial charge on any atom is 0.180 e. The van der Waals surface area contributed by atoms with E-state index >= 15 is 0 Å². The molecule has 1 rings (SSSR count). The number of halogens is 2. The smallest absolute Gasteiger partial charge is 0.180 e. The van der Waals surface area contributed by atoms with Crippen LogP contribution in [-0.2, 0) is 9.84 Å². The van der Waals surface area contributed by atoms with E-state index in [1.54, 1.807) is 0 Å². The molecule has 0 saturated carbocycles. The number of Topliss-reactive ketones (excluding diaryl/α,β-unsaturated/α-hetero) is 1. The number of aryl methyl sites for hydroxylation is 1. The standard InChI is InChI=1S/C10H10F2O3S/c1-6-3-9(12)7(4-8(6)11)10(13)5-16(2,14)15/h3-4H,5H2,1-2H3. The van der Waals surface area contributed by atoms with Crippen LogP contribution in [0.3, 0.4) is 0 Å². The van der Waals surface area contributed by atoms with Crippen LogP contribution < -0.4 is 0 Å². The van der Waals surface area contributed by atoms with E-state index in [2.05, 4.69) is 0 Å². The lowest BCUT2D eigenvalue weighted by Gasteiger charge is -2.03. The van der Waals surface area contributed by atoms with Crippen LogP contribution in [0.2, 0.25) is 0 Å². The minimum absolute atomic E-state index is 0.0633. The van der Waals surface area contributed by atoms with Crippen molar-refractivity contribution in [2.45, 2.75) is 6.92 Å². The van der Waals surface area contributed by atoms with E-state index in [4.69, 9.17) is 0 Å². The van der Waals surface area contributed by atoms with Gasteiger partial charge in [0.2, 0.25) is 0 Å². The quantitative estimate of drug-likeness (QED) is 0.762. The van der Waals surface area contributed by atoms with Crippen molar-refractivity contribution < 1.29 is 22.0 Å². The van der Waals surface area contributed by atoms with Crippen molar-refractivity contribution in [3.63, 3.8) is 0 Å². The molecular weight excluding hydrogens is 238 g/mol. The van der Waals surface area contributed by atoms with Crippen LogP contribution >= 0.6 is 0 Å². The molecule has 0 aliphatic carbocycles. The molecule has 3 nitrogen and oxygen atoms in total. The van der Waals surface area contributed by atoms with Gasteiger partial charge in [0.05, 0.1) is 5.56 Å². The second-order valence-corrected chi connectivity index (χ2v) is 5.71. The highest BCUT2D eigenvalue weighted by Crippen LogP contribution is 2.15. The normalized spacial score (nSPS) is 11.5. The van der Waals surface area contributed by atoms with Crippen LogP contribution in [-0.4, -0.2) is 26.2 Å². The number of rotatable bonds is 3. The molecule has 0 aliphatic rings. The predicted molar refractivity (Wildman–Crippen MR) is 55.1 cm³/mol. The van der Waals surface area contributed by atoms with Gasteiger partial charge in [-0.2, -0.15) is 0 Å². The number of carbonyl (C=O) groups excluding carboxylic acids is 1. The summed E-state index contributed by atoms with van der Waals surface area (Å²) in [5.74, 6) is -3.42. The van der Waals surface area contributed by atoms with Gasteiger partial charge in [-0.1, -0.05) is 0 Å². The Hall–Kier alpha value is -1.30. The maximum atomic E-state index is 13.3. The largest absolute Gasteiger partial charge is 0.293 e. The van der Waals surface area contributed by atoms with Gasteiger partial charge in [0.25, 0.3) is 0 Å². The second-order valence-electron chi connectivity index (χ2n) is 3.57. The van der Waals surface area contributed by atoms with Crippen molar-refractivity contribution in [3.8, 4) is 0 Å². The van der Waals surface area contributed by atoms with Crippen molar-refractivity contribution in [1.82, 2.24) is 0 Å². The number of hydrogen-bond donors (Lipinski definition) is 0. The van der Waals surface area contributed by atoms with E-state index in [0.717, 1.165) is 18.4 Å². The fraction of sp³-hybridized carbons (Fsp3) is 0.300. The zero-order valence-corrected chi connectivity index (χ0v) is 9.57. The van der Waals surface area contributed by atoms with Crippen LogP contribution in [0.25, 0.3) is 0 Å². The number of benzene rings is 1. The average Bonchev–Trinajstić information content (AvgIpc) is 2.08. The third-order valence-corrected chi connectivity index (χ3v) is 2.73. The summed E-state index contributed by atoms with van der Waals surface area (Å²) in [7, 11) is -3.55. The highest BCUT2D eigenvalue weighted by molar-refractivity contribution is 7.91. The Morgan fingerprint density at radius 2 is 1.81 bits per heavy atom. The molecule has 0 aliphatic heterocycles. The van der Waals surface area contributed by atoms with E-state index in [1.807, 2.05) is 0 Å². The fourth-order valence-corrected chi connectivity index (χ4v) is 1.81. The van der Waals surface area contributed by atoms with Crippen LogP contribution in [0.5, 0.6) is 0 Å². The van der Waals surface area contributed by atoms with Crippen LogP contribution in [0.4, 0.5) is 8.78 Å². The summed E-state index contributed by atoms with van der Waals surface area (Å²) in [6.45, 7) is 1.35. The summed E-state index contributed by atoms with van der Waals surface area (Å²) in [6, 6.07) is 1.59. The van der Waals surface area contributed by atoms with Crippen molar-refractivity contribution in [2.75, 3.05) is 12.0 Å². The molecule has 6 heteroatoms. The summed E-state index contributed by atoms with van der Waals surface area (Å²) in [5.41, 5.74) is -0.470. The van der Waals surface area contributed by atoms with Gasteiger partial charge < -0.3 is 0 Å². The lowest BCUT2D eigenvalue weighted by atomic mass is 10.1. The molecule has 0 saturated heterocycles. The number of sulfone groups is 1. The summed E-state index contributed by atoms with van der Waals surface area (Å²) in [6.07, 6.45) is 0.855. The molecular formula is C10H10F2O3S. The number of carbonyl (C=O) groups is 1. The van der Waals surface area contributed by atoms with Gasteiger partial charge in [-0.25, -0.2) is 17.2 Å². The topological polar surface area (TPSA) is 51.2 Å². The SMILES string of the molecule is Cc1cc(F)c(C(=O)CS(C)(=O)=O)cc1F. The molecule has 0 fully saturated rings. The molecule has 1 aromatic carbocycles. The first kappa shape index (κ1) is 12.8. The summed E-state index contributed by atoms with van der Waals surface area (Å²) in [5, 5.41) is 0. The molecule has 0 spiro atoms. The fourth-order valence-electron chi connectivity index (χ4n) is 1.18. The van der Waals surface area contributed by atoms with Gasteiger partial charge in [-0.15, -0.1) is 0 Å². The summed E-state index contributed by atoms with van der Waals surface area (Å²) < 4.78 is 48.0. The lowest BCUT2D eigenvalue weighted by Crippen LogP contribution is -2.16.